The number of hydrogen-bond acceptors (Lipinski definition) is 5. The maximum atomic E-state index is 11.8. The van der Waals surface area contributed by atoms with E-state index in [0.717, 1.165) is 12.8 Å². The topological polar surface area (TPSA) is 73.9 Å². The monoisotopic (exact) mass is 335 g/mol. The Labute approximate surface area is 142 Å². The smallest absolute Gasteiger partial charge is 0.407 e. The van der Waals surface area contributed by atoms with Gasteiger partial charge in [0.2, 0.25) is 0 Å². The van der Waals surface area contributed by atoms with Gasteiger partial charge in [0.05, 0.1) is 19.2 Å². The van der Waals surface area contributed by atoms with Crippen molar-refractivity contribution in [1.29, 1.82) is 0 Å². The molecule has 1 aromatic carbocycles. The molecule has 132 valence electrons. The third-order valence-corrected chi connectivity index (χ3v) is 3.56. The molecule has 6 nitrogen and oxygen atoms in total. The van der Waals surface area contributed by atoms with Gasteiger partial charge in [-0.25, -0.2) is 9.59 Å². The van der Waals surface area contributed by atoms with Crippen LogP contribution in [-0.2, 0) is 9.47 Å². The van der Waals surface area contributed by atoms with Crippen LogP contribution in [0.4, 0.5) is 4.79 Å². The van der Waals surface area contributed by atoms with Crippen LogP contribution in [0.3, 0.4) is 0 Å². The van der Waals surface area contributed by atoms with Crippen LogP contribution in [0.25, 0.3) is 0 Å². The SMILES string of the molecule is COC(=O)c1ccc(OC(CNC(=O)OC(C)(C)C)C2CC2)cc1. The lowest BCUT2D eigenvalue weighted by molar-refractivity contribution is 0.0493. The van der Waals surface area contributed by atoms with Crippen molar-refractivity contribution in [3.63, 3.8) is 0 Å². The number of carbonyl (C=O) groups is 2. The van der Waals surface area contributed by atoms with Crippen LogP contribution in [0.2, 0.25) is 0 Å². The van der Waals surface area contributed by atoms with Crippen molar-refractivity contribution in [3.8, 4) is 5.75 Å². The lowest BCUT2D eigenvalue weighted by atomic mass is 10.2. The largest absolute Gasteiger partial charge is 0.488 e. The summed E-state index contributed by atoms with van der Waals surface area (Å²) >= 11 is 0. The number of ether oxygens (including phenoxy) is 3. The van der Waals surface area contributed by atoms with Crippen molar-refractivity contribution in [2.24, 2.45) is 5.92 Å². The van der Waals surface area contributed by atoms with Gasteiger partial charge in [-0.2, -0.15) is 0 Å². The second-order valence-corrected chi connectivity index (χ2v) is 6.89. The number of alkyl carbamates (subject to hydrolysis) is 1. The molecule has 0 spiro atoms. The van der Waals surface area contributed by atoms with E-state index in [1.165, 1.54) is 7.11 Å². The zero-order chi connectivity index (χ0) is 17.7. The highest BCUT2D eigenvalue weighted by Gasteiger charge is 2.33. The van der Waals surface area contributed by atoms with Gasteiger partial charge >= 0.3 is 12.1 Å². The molecule has 2 rings (SSSR count). The predicted molar refractivity (Wildman–Crippen MR) is 89.2 cm³/mol. The Morgan fingerprint density at radius 2 is 1.83 bits per heavy atom. The number of esters is 1. The standard InChI is InChI=1S/C18H25NO5/c1-18(2,3)24-17(21)19-11-15(12-5-6-12)23-14-9-7-13(8-10-14)16(20)22-4/h7-10,12,15H,5-6,11H2,1-4H3,(H,19,21). The zero-order valence-corrected chi connectivity index (χ0v) is 14.6. The summed E-state index contributed by atoms with van der Waals surface area (Å²) in [5.41, 5.74) is -0.0521. The van der Waals surface area contributed by atoms with Crippen LogP contribution in [0.15, 0.2) is 24.3 Å². The number of rotatable bonds is 6. The highest BCUT2D eigenvalue weighted by atomic mass is 16.6. The molecule has 1 unspecified atom stereocenters. The first-order chi connectivity index (χ1) is 11.3. The summed E-state index contributed by atoms with van der Waals surface area (Å²) in [5, 5.41) is 2.76. The zero-order valence-electron chi connectivity index (χ0n) is 14.6. The Hall–Kier alpha value is -2.24. The van der Waals surface area contributed by atoms with E-state index in [-0.39, 0.29) is 12.1 Å². The van der Waals surface area contributed by atoms with Crippen LogP contribution < -0.4 is 10.1 Å². The molecule has 0 radical (unpaired) electrons. The normalized spacial score (nSPS) is 15.3. The fourth-order valence-electron chi connectivity index (χ4n) is 2.23. The van der Waals surface area contributed by atoms with Crippen LogP contribution >= 0.6 is 0 Å². The summed E-state index contributed by atoms with van der Waals surface area (Å²) in [4.78, 5) is 23.2. The van der Waals surface area contributed by atoms with Gasteiger partial charge in [-0.15, -0.1) is 0 Å². The lowest BCUT2D eigenvalue weighted by Gasteiger charge is -2.22. The minimum absolute atomic E-state index is 0.110. The Morgan fingerprint density at radius 3 is 2.33 bits per heavy atom. The van der Waals surface area contributed by atoms with Gasteiger partial charge in [-0.1, -0.05) is 0 Å². The summed E-state index contributed by atoms with van der Waals surface area (Å²) in [6.07, 6.45) is 1.61. The first-order valence-electron chi connectivity index (χ1n) is 8.10. The second kappa shape index (κ2) is 7.55. The van der Waals surface area contributed by atoms with Crippen LogP contribution in [-0.4, -0.2) is 37.4 Å². The number of hydrogen-bond donors (Lipinski definition) is 1. The number of benzene rings is 1. The third-order valence-electron chi connectivity index (χ3n) is 3.56. The molecular weight excluding hydrogens is 310 g/mol. The van der Waals surface area contributed by atoms with Crippen molar-refractivity contribution in [3.05, 3.63) is 29.8 Å². The minimum atomic E-state index is -0.524. The Balaban J connectivity index is 1.89. The molecule has 1 aromatic rings. The molecule has 1 fully saturated rings. The average molecular weight is 335 g/mol. The summed E-state index contributed by atoms with van der Waals surface area (Å²) in [5.74, 6) is 0.706. The molecule has 1 N–H and O–H groups in total. The van der Waals surface area contributed by atoms with E-state index < -0.39 is 11.7 Å². The van der Waals surface area contributed by atoms with Gasteiger partial charge < -0.3 is 19.5 Å². The summed E-state index contributed by atoms with van der Waals surface area (Å²) in [6.45, 7) is 5.86. The molecule has 1 aliphatic carbocycles. The van der Waals surface area contributed by atoms with E-state index in [0.29, 0.717) is 23.8 Å². The van der Waals surface area contributed by atoms with Gasteiger partial charge in [0.15, 0.2) is 0 Å². The molecule has 6 heteroatoms. The molecule has 0 aliphatic heterocycles. The fourth-order valence-corrected chi connectivity index (χ4v) is 2.23. The van der Waals surface area contributed by atoms with Crippen molar-refractivity contribution < 1.29 is 23.8 Å². The molecule has 1 amide bonds. The van der Waals surface area contributed by atoms with Gasteiger partial charge in [0.25, 0.3) is 0 Å². The van der Waals surface area contributed by atoms with Gasteiger partial charge in [0.1, 0.15) is 17.5 Å². The number of nitrogens with one attached hydrogen (secondary N) is 1. The maximum Gasteiger partial charge on any atom is 0.407 e. The minimum Gasteiger partial charge on any atom is -0.488 e. The summed E-state index contributed by atoms with van der Waals surface area (Å²) in [7, 11) is 1.35. The third kappa shape index (κ3) is 5.76. The van der Waals surface area contributed by atoms with E-state index in [1.54, 1.807) is 24.3 Å². The quantitative estimate of drug-likeness (QED) is 0.808. The Kier molecular flexibility index (Phi) is 5.70. The van der Waals surface area contributed by atoms with Crippen molar-refractivity contribution >= 4 is 12.1 Å². The number of carbonyl (C=O) groups excluding carboxylic acids is 2. The molecule has 1 atom stereocenters. The van der Waals surface area contributed by atoms with E-state index >= 15 is 0 Å². The first-order valence-corrected chi connectivity index (χ1v) is 8.10. The van der Waals surface area contributed by atoms with Crippen molar-refractivity contribution in [2.75, 3.05) is 13.7 Å². The van der Waals surface area contributed by atoms with E-state index in [1.807, 2.05) is 20.8 Å². The summed E-state index contributed by atoms with van der Waals surface area (Å²) < 4.78 is 15.9. The maximum absolute atomic E-state index is 11.8. The van der Waals surface area contributed by atoms with Crippen LogP contribution in [0.5, 0.6) is 5.75 Å². The highest BCUT2D eigenvalue weighted by Crippen LogP contribution is 2.34. The number of methoxy groups -OCH3 is 1. The van der Waals surface area contributed by atoms with E-state index in [2.05, 4.69) is 10.1 Å². The number of amides is 1. The van der Waals surface area contributed by atoms with Crippen LogP contribution in [0.1, 0.15) is 44.0 Å². The Bertz CT molecular complexity index is 572. The van der Waals surface area contributed by atoms with Gasteiger partial charge in [-0.3, -0.25) is 0 Å². The molecule has 0 heterocycles. The van der Waals surface area contributed by atoms with Gasteiger partial charge in [-0.05, 0) is 63.8 Å². The second-order valence-electron chi connectivity index (χ2n) is 6.89. The molecule has 0 saturated heterocycles. The predicted octanol–water partition coefficient (Wildman–Crippen LogP) is 3.16. The van der Waals surface area contributed by atoms with E-state index in [9.17, 15) is 9.59 Å². The van der Waals surface area contributed by atoms with Crippen molar-refractivity contribution in [2.45, 2.75) is 45.3 Å². The summed E-state index contributed by atoms with van der Waals surface area (Å²) in [6, 6.07) is 6.78. The molecule has 0 aromatic heterocycles. The molecule has 1 saturated carbocycles. The van der Waals surface area contributed by atoms with Crippen molar-refractivity contribution in [1.82, 2.24) is 5.32 Å². The Morgan fingerprint density at radius 1 is 1.21 bits per heavy atom. The molecular formula is C18H25NO5. The molecule has 24 heavy (non-hydrogen) atoms. The lowest BCUT2D eigenvalue weighted by Crippen LogP contribution is -2.39. The van der Waals surface area contributed by atoms with Crippen LogP contribution in [0, 0.1) is 5.92 Å². The first kappa shape index (κ1) is 18.1. The fraction of sp³-hybridized carbons (Fsp3) is 0.556. The van der Waals surface area contributed by atoms with E-state index in [4.69, 9.17) is 9.47 Å². The molecule has 0 bridgehead atoms. The highest BCUT2D eigenvalue weighted by molar-refractivity contribution is 5.89. The molecule has 1 aliphatic rings. The average Bonchev–Trinajstić information content (AvgIpc) is 3.34. The van der Waals surface area contributed by atoms with Gasteiger partial charge in [0, 0.05) is 0 Å².